The number of hydrogen-bond acceptors (Lipinski definition) is 4. The highest BCUT2D eigenvalue weighted by atomic mass is 35.5. The highest BCUT2D eigenvalue weighted by molar-refractivity contribution is 6.33. The number of benzene rings is 2. The minimum atomic E-state index is -0.00227. The van der Waals surface area contributed by atoms with Gasteiger partial charge in [0.15, 0.2) is 0 Å². The Morgan fingerprint density at radius 2 is 1.81 bits per heavy atom. The minimum Gasteiger partial charge on any atom is -0.368 e. The van der Waals surface area contributed by atoms with Gasteiger partial charge in [-0.05, 0) is 36.4 Å². The van der Waals surface area contributed by atoms with Crippen molar-refractivity contribution in [2.75, 3.05) is 42.9 Å². The van der Waals surface area contributed by atoms with E-state index in [0.717, 1.165) is 53.5 Å². The first-order valence-electron chi connectivity index (χ1n) is 9.06. The lowest BCUT2D eigenvalue weighted by Crippen LogP contribution is -2.48. The van der Waals surface area contributed by atoms with Crippen LogP contribution in [0.3, 0.4) is 0 Å². The van der Waals surface area contributed by atoms with Crippen LogP contribution in [0.15, 0.2) is 60.8 Å². The fourth-order valence-electron chi connectivity index (χ4n) is 3.46. The maximum absolute atomic E-state index is 12.5. The molecule has 1 aliphatic heterocycles. The van der Waals surface area contributed by atoms with E-state index in [1.165, 1.54) is 0 Å². The number of pyridine rings is 1. The van der Waals surface area contributed by atoms with Crippen molar-refractivity contribution in [3.05, 3.63) is 65.8 Å². The zero-order valence-corrected chi connectivity index (χ0v) is 15.7. The molecule has 0 radical (unpaired) electrons. The molecule has 1 fully saturated rings. The van der Waals surface area contributed by atoms with Crippen LogP contribution in [0.5, 0.6) is 0 Å². The Morgan fingerprint density at radius 1 is 1.00 bits per heavy atom. The fraction of sp³-hybridized carbons (Fsp3) is 0.238. The summed E-state index contributed by atoms with van der Waals surface area (Å²) in [5.74, 6) is -0.00227. The number of fused-ring (bicyclic) bond motifs is 1. The predicted octanol–water partition coefficient (Wildman–Crippen LogP) is 3.65. The van der Waals surface area contributed by atoms with Crippen LogP contribution in [0.25, 0.3) is 10.9 Å². The van der Waals surface area contributed by atoms with Crippen LogP contribution >= 0.6 is 11.6 Å². The molecule has 0 unspecified atom stereocenters. The van der Waals surface area contributed by atoms with Crippen LogP contribution in [-0.2, 0) is 4.79 Å². The van der Waals surface area contributed by atoms with Crippen LogP contribution < -0.4 is 10.2 Å². The van der Waals surface area contributed by atoms with Gasteiger partial charge in [0, 0.05) is 37.8 Å². The lowest BCUT2D eigenvalue weighted by molar-refractivity contribution is -0.117. The van der Waals surface area contributed by atoms with Crippen molar-refractivity contribution in [3.63, 3.8) is 0 Å². The van der Waals surface area contributed by atoms with Crippen LogP contribution in [0.2, 0.25) is 5.02 Å². The van der Waals surface area contributed by atoms with Crippen LogP contribution in [0.1, 0.15) is 0 Å². The molecule has 0 spiro atoms. The zero-order valence-electron chi connectivity index (χ0n) is 14.9. The van der Waals surface area contributed by atoms with Gasteiger partial charge >= 0.3 is 0 Å². The van der Waals surface area contributed by atoms with Gasteiger partial charge in [0.1, 0.15) is 0 Å². The molecule has 1 aliphatic rings. The van der Waals surface area contributed by atoms with Crippen molar-refractivity contribution in [1.29, 1.82) is 0 Å². The highest BCUT2D eigenvalue weighted by Gasteiger charge is 2.20. The molecule has 1 saturated heterocycles. The number of amides is 1. The maximum atomic E-state index is 12.5. The topological polar surface area (TPSA) is 48.5 Å². The lowest BCUT2D eigenvalue weighted by atomic mass is 10.2. The number of nitrogens with one attached hydrogen (secondary N) is 1. The molecule has 5 nitrogen and oxygen atoms in total. The second kappa shape index (κ2) is 7.94. The van der Waals surface area contributed by atoms with Crippen molar-refractivity contribution < 1.29 is 4.79 Å². The maximum Gasteiger partial charge on any atom is 0.238 e. The molecule has 3 aromatic rings. The molecule has 2 aromatic carbocycles. The monoisotopic (exact) mass is 380 g/mol. The molecule has 0 saturated carbocycles. The van der Waals surface area contributed by atoms with Crippen molar-refractivity contribution in [2.24, 2.45) is 0 Å². The molecular formula is C21H21ClN4O. The van der Waals surface area contributed by atoms with Crippen molar-refractivity contribution in [2.45, 2.75) is 0 Å². The number of para-hydroxylation sites is 1. The van der Waals surface area contributed by atoms with E-state index in [2.05, 4.69) is 20.1 Å². The summed E-state index contributed by atoms with van der Waals surface area (Å²) in [4.78, 5) is 21.3. The average molecular weight is 381 g/mol. The third-order valence-corrected chi connectivity index (χ3v) is 5.17. The number of carbonyl (C=O) groups is 1. The van der Waals surface area contributed by atoms with Gasteiger partial charge in [0.2, 0.25) is 5.91 Å². The average Bonchev–Trinajstić information content (AvgIpc) is 2.69. The van der Waals surface area contributed by atoms with Gasteiger partial charge in [-0.3, -0.25) is 14.7 Å². The smallest absolute Gasteiger partial charge is 0.238 e. The standard InChI is InChI=1S/C21H21ClN4O/c22-17-6-1-2-9-20(17)26-13-11-25(12-14-26)15-21(27)24-19-8-3-7-18-16(19)5-4-10-23-18/h1-10H,11-15H2,(H,24,27). The number of anilines is 2. The van der Waals surface area contributed by atoms with Gasteiger partial charge in [-0.15, -0.1) is 0 Å². The third kappa shape index (κ3) is 4.04. The summed E-state index contributed by atoms with van der Waals surface area (Å²) in [7, 11) is 0. The summed E-state index contributed by atoms with van der Waals surface area (Å²) < 4.78 is 0. The Balaban J connectivity index is 1.35. The summed E-state index contributed by atoms with van der Waals surface area (Å²) in [5.41, 5.74) is 2.75. The Bertz CT molecular complexity index is 948. The second-order valence-corrected chi connectivity index (χ2v) is 7.05. The molecule has 6 heteroatoms. The summed E-state index contributed by atoms with van der Waals surface area (Å²) >= 11 is 6.29. The van der Waals surface area contributed by atoms with Crippen LogP contribution in [-0.4, -0.2) is 48.5 Å². The SMILES string of the molecule is O=C(CN1CCN(c2ccccc2Cl)CC1)Nc1cccc2ncccc12. The van der Waals surface area contributed by atoms with Crippen molar-refractivity contribution in [3.8, 4) is 0 Å². The van der Waals surface area contributed by atoms with Crippen molar-refractivity contribution in [1.82, 2.24) is 9.88 Å². The first-order valence-corrected chi connectivity index (χ1v) is 9.44. The van der Waals surface area contributed by atoms with Crippen molar-refractivity contribution >= 4 is 39.8 Å². The van der Waals surface area contributed by atoms with Gasteiger partial charge in [-0.25, -0.2) is 0 Å². The first-order chi connectivity index (χ1) is 13.2. The lowest BCUT2D eigenvalue weighted by Gasteiger charge is -2.36. The van der Waals surface area contributed by atoms with Gasteiger partial charge in [0.05, 0.1) is 28.5 Å². The Hall–Kier alpha value is -2.63. The summed E-state index contributed by atoms with van der Waals surface area (Å²) in [6.07, 6.45) is 1.76. The fourth-order valence-corrected chi connectivity index (χ4v) is 3.72. The summed E-state index contributed by atoms with van der Waals surface area (Å²) in [5, 5.41) is 4.76. The molecule has 0 aliphatic carbocycles. The Kier molecular flexibility index (Phi) is 5.23. The van der Waals surface area contributed by atoms with E-state index < -0.39 is 0 Å². The number of piperazine rings is 1. The molecule has 4 rings (SSSR count). The number of aromatic nitrogens is 1. The molecule has 1 amide bonds. The Labute approximate surface area is 163 Å². The van der Waals surface area contributed by atoms with Gasteiger partial charge in [0.25, 0.3) is 0 Å². The largest absolute Gasteiger partial charge is 0.368 e. The molecule has 138 valence electrons. The predicted molar refractivity (Wildman–Crippen MR) is 110 cm³/mol. The molecular weight excluding hydrogens is 360 g/mol. The van der Waals surface area contributed by atoms with E-state index in [1.54, 1.807) is 6.20 Å². The molecule has 27 heavy (non-hydrogen) atoms. The van der Waals surface area contributed by atoms with E-state index in [1.807, 2.05) is 54.6 Å². The first kappa shape index (κ1) is 17.8. The second-order valence-electron chi connectivity index (χ2n) is 6.64. The summed E-state index contributed by atoms with van der Waals surface area (Å²) in [6, 6.07) is 17.5. The van der Waals surface area contributed by atoms with E-state index in [9.17, 15) is 4.79 Å². The quantitative estimate of drug-likeness (QED) is 0.750. The third-order valence-electron chi connectivity index (χ3n) is 4.85. The van der Waals surface area contributed by atoms with E-state index in [0.29, 0.717) is 6.54 Å². The number of rotatable bonds is 4. The summed E-state index contributed by atoms with van der Waals surface area (Å²) in [6.45, 7) is 3.75. The normalized spacial score (nSPS) is 15.1. The minimum absolute atomic E-state index is 0.00227. The molecule has 0 atom stereocenters. The Morgan fingerprint density at radius 3 is 2.63 bits per heavy atom. The van der Waals surface area contributed by atoms with E-state index in [4.69, 9.17) is 11.6 Å². The zero-order chi connectivity index (χ0) is 18.6. The van der Waals surface area contributed by atoms with E-state index in [-0.39, 0.29) is 5.91 Å². The highest BCUT2D eigenvalue weighted by Crippen LogP contribution is 2.26. The molecule has 1 aromatic heterocycles. The van der Waals surface area contributed by atoms with Crippen LogP contribution in [0, 0.1) is 0 Å². The molecule has 2 heterocycles. The molecule has 1 N–H and O–H groups in total. The molecule has 0 bridgehead atoms. The van der Waals surface area contributed by atoms with Gasteiger partial charge in [-0.2, -0.15) is 0 Å². The van der Waals surface area contributed by atoms with Gasteiger partial charge in [-0.1, -0.05) is 29.8 Å². The number of carbonyl (C=O) groups excluding carboxylic acids is 1. The number of halogens is 1. The van der Waals surface area contributed by atoms with Crippen LogP contribution in [0.4, 0.5) is 11.4 Å². The van der Waals surface area contributed by atoms with Gasteiger partial charge < -0.3 is 10.2 Å². The number of hydrogen-bond donors (Lipinski definition) is 1. The van der Waals surface area contributed by atoms with E-state index >= 15 is 0 Å². The number of nitrogens with zero attached hydrogens (tertiary/aromatic N) is 3.